The molecule has 2 N–H and O–H groups in total. The number of nitrogens with one attached hydrogen (secondary N) is 1. The Kier molecular flexibility index (Phi) is 5.10. The molecule has 0 saturated carbocycles. The van der Waals surface area contributed by atoms with Crippen LogP contribution in [0.4, 0.5) is 0 Å². The fourth-order valence-corrected chi connectivity index (χ4v) is 3.69. The first kappa shape index (κ1) is 18.2. The molecule has 0 aliphatic carbocycles. The van der Waals surface area contributed by atoms with Crippen molar-refractivity contribution >= 4 is 40.0 Å². The van der Waals surface area contributed by atoms with Crippen LogP contribution in [0.3, 0.4) is 0 Å². The number of carbonyl (C=O) groups excluding carboxylic acids is 1. The van der Waals surface area contributed by atoms with Crippen LogP contribution < -0.4 is 5.43 Å². The van der Waals surface area contributed by atoms with E-state index < -0.39 is 0 Å². The molecule has 0 spiro atoms. The largest absolute Gasteiger partial charge is 0.507 e. The summed E-state index contributed by atoms with van der Waals surface area (Å²) in [6, 6.07) is 14.2. The van der Waals surface area contributed by atoms with Crippen LogP contribution in [0, 0.1) is 0 Å². The van der Waals surface area contributed by atoms with Crippen molar-refractivity contribution in [3.8, 4) is 17.0 Å². The Morgan fingerprint density at radius 1 is 1.25 bits per heavy atom. The Morgan fingerprint density at radius 2 is 2.04 bits per heavy atom. The van der Waals surface area contributed by atoms with Gasteiger partial charge in [-0.3, -0.25) is 9.20 Å². The number of hydrogen-bond donors (Lipinski definition) is 2. The Bertz CT molecular complexity index is 1160. The average Bonchev–Trinajstić information content (AvgIpc) is 3.26. The summed E-state index contributed by atoms with van der Waals surface area (Å²) < 4.78 is 1.90. The van der Waals surface area contributed by atoms with Crippen molar-refractivity contribution < 1.29 is 9.90 Å². The van der Waals surface area contributed by atoms with Crippen molar-refractivity contribution in [1.82, 2.24) is 14.8 Å². The number of hydrazone groups is 1. The maximum atomic E-state index is 12.2. The van der Waals surface area contributed by atoms with E-state index in [2.05, 4.69) is 15.5 Å². The SMILES string of the molecule is O=C(Cc1csc2nc(-c3ccc(Cl)cc3)cn12)N/N=C/c1ccccc1O. The van der Waals surface area contributed by atoms with Gasteiger partial charge in [-0.25, -0.2) is 10.4 Å². The van der Waals surface area contributed by atoms with E-state index in [1.165, 1.54) is 17.6 Å². The highest BCUT2D eigenvalue weighted by molar-refractivity contribution is 7.15. The number of para-hydroxylation sites is 1. The second kappa shape index (κ2) is 7.84. The Morgan fingerprint density at radius 3 is 2.82 bits per heavy atom. The highest BCUT2D eigenvalue weighted by Gasteiger charge is 2.12. The molecule has 8 heteroatoms. The minimum Gasteiger partial charge on any atom is -0.507 e. The first-order chi connectivity index (χ1) is 13.6. The summed E-state index contributed by atoms with van der Waals surface area (Å²) in [4.78, 5) is 17.6. The number of carbonyl (C=O) groups is 1. The molecule has 0 radical (unpaired) electrons. The van der Waals surface area contributed by atoms with Crippen molar-refractivity contribution in [2.24, 2.45) is 5.10 Å². The van der Waals surface area contributed by atoms with E-state index in [0.717, 1.165) is 21.9 Å². The molecule has 0 bridgehead atoms. The van der Waals surface area contributed by atoms with E-state index >= 15 is 0 Å². The number of hydrogen-bond acceptors (Lipinski definition) is 5. The standard InChI is InChI=1S/C20H15ClN4O2S/c21-15-7-5-13(6-8-15)17-11-25-16(12-28-20(25)23-17)9-19(27)24-22-10-14-3-1-2-4-18(14)26/h1-8,10-12,26H,9H2,(H,24,27)/b22-10+. The third kappa shape index (κ3) is 3.90. The zero-order valence-corrected chi connectivity index (χ0v) is 16.1. The van der Waals surface area contributed by atoms with E-state index in [1.54, 1.807) is 24.3 Å². The lowest BCUT2D eigenvalue weighted by molar-refractivity contribution is -0.120. The molecular formula is C20H15ClN4O2S. The second-order valence-corrected chi connectivity index (χ2v) is 7.31. The Labute approximate surface area is 169 Å². The first-order valence-corrected chi connectivity index (χ1v) is 9.67. The van der Waals surface area contributed by atoms with Gasteiger partial charge in [-0.1, -0.05) is 35.9 Å². The zero-order chi connectivity index (χ0) is 19.5. The van der Waals surface area contributed by atoms with Crippen LogP contribution in [0.15, 0.2) is 65.2 Å². The fraction of sp³-hybridized carbons (Fsp3) is 0.0500. The number of aromatic hydroxyl groups is 1. The van der Waals surface area contributed by atoms with Crippen LogP contribution in [0.2, 0.25) is 5.02 Å². The quantitative estimate of drug-likeness (QED) is 0.384. The molecule has 28 heavy (non-hydrogen) atoms. The van der Waals surface area contributed by atoms with Gasteiger partial charge in [0.1, 0.15) is 5.75 Å². The van der Waals surface area contributed by atoms with Gasteiger partial charge >= 0.3 is 0 Å². The third-order valence-corrected chi connectivity index (χ3v) is 5.24. The minimum atomic E-state index is -0.256. The van der Waals surface area contributed by atoms with Gasteiger partial charge in [0.05, 0.1) is 18.3 Å². The van der Waals surface area contributed by atoms with Crippen LogP contribution in [-0.4, -0.2) is 26.6 Å². The Hall–Kier alpha value is -3.16. The molecule has 1 amide bonds. The smallest absolute Gasteiger partial charge is 0.246 e. The van der Waals surface area contributed by atoms with Crippen molar-refractivity contribution in [2.75, 3.05) is 0 Å². The van der Waals surface area contributed by atoms with Gasteiger partial charge in [0.15, 0.2) is 4.96 Å². The minimum absolute atomic E-state index is 0.105. The molecule has 2 aromatic heterocycles. The van der Waals surface area contributed by atoms with Crippen molar-refractivity contribution in [1.29, 1.82) is 0 Å². The van der Waals surface area contributed by atoms with E-state index in [4.69, 9.17) is 11.6 Å². The number of thiazole rings is 1. The van der Waals surface area contributed by atoms with Gasteiger partial charge in [0.25, 0.3) is 0 Å². The number of halogens is 1. The summed E-state index contributed by atoms with van der Waals surface area (Å²) in [6.45, 7) is 0. The lowest BCUT2D eigenvalue weighted by atomic mass is 10.2. The van der Waals surface area contributed by atoms with E-state index in [1.807, 2.05) is 40.2 Å². The van der Waals surface area contributed by atoms with Gasteiger partial charge in [-0.2, -0.15) is 5.10 Å². The van der Waals surface area contributed by atoms with Crippen molar-refractivity contribution in [3.05, 3.63) is 76.4 Å². The number of benzene rings is 2. The number of fused-ring (bicyclic) bond motifs is 1. The van der Waals surface area contributed by atoms with Crippen LogP contribution in [-0.2, 0) is 11.2 Å². The van der Waals surface area contributed by atoms with Gasteiger partial charge in [0, 0.05) is 33.4 Å². The van der Waals surface area contributed by atoms with Crippen LogP contribution >= 0.6 is 22.9 Å². The number of phenolic OH excluding ortho intramolecular Hbond substituents is 1. The van der Waals surface area contributed by atoms with Crippen LogP contribution in [0.1, 0.15) is 11.3 Å². The predicted molar refractivity (Wildman–Crippen MR) is 111 cm³/mol. The van der Waals surface area contributed by atoms with Crippen LogP contribution in [0.5, 0.6) is 5.75 Å². The summed E-state index contributed by atoms with van der Waals surface area (Å²) >= 11 is 7.41. The van der Waals surface area contributed by atoms with Gasteiger partial charge in [-0.15, -0.1) is 11.3 Å². The fourth-order valence-electron chi connectivity index (χ4n) is 2.69. The molecule has 0 saturated heterocycles. The van der Waals surface area contributed by atoms with Crippen molar-refractivity contribution in [2.45, 2.75) is 6.42 Å². The van der Waals surface area contributed by atoms with Crippen molar-refractivity contribution in [3.63, 3.8) is 0 Å². The number of rotatable bonds is 5. The Balaban J connectivity index is 1.46. The van der Waals surface area contributed by atoms with E-state index in [0.29, 0.717) is 10.6 Å². The number of amides is 1. The molecule has 4 aromatic rings. The molecule has 0 unspecified atom stereocenters. The topological polar surface area (TPSA) is 79.0 Å². The normalized spacial score (nSPS) is 11.3. The molecule has 0 atom stereocenters. The molecule has 0 fully saturated rings. The molecule has 0 aliphatic rings. The summed E-state index contributed by atoms with van der Waals surface area (Å²) in [6.07, 6.45) is 3.48. The lowest BCUT2D eigenvalue weighted by Gasteiger charge is -2.00. The summed E-state index contributed by atoms with van der Waals surface area (Å²) in [5.41, 5.74) is 5.62. The van der Waals surface area contributed by atoms with E-state index in [-0.39, 0.29) is 18.1 Å². The number of nitrogens with zero attached hydrogens (tertiary/aromatic N) is 3. The molecular weight excluding hydrogens is 396 g/mol. The molecule has 140 valence electrons. The monoisotopic (exact) mass is 410 g/mol. The highest BCUT2D eigenvalue weighted by atomic mass is 35.5. The maximum absolute atomic E-state index is 12.2. The van der Waals surface area contributed by atoms with Gasteiger partial charge < -0.3 is 5.11 Å². The van der Waals surface area contributed by atoms with E-state index in [9.17, 15) is 9.90 Å². The maximum Gasteiger partial charge on any atom is 0.246 e. The zero-order valence-electron chi connectivity index (χ0n) is 14.5. The molecule has 2 heterocycles. The lowest BCUT2D eigenvalue weighted by Crippen LogP contribution is -2.20. The molecule has 2 aromatic carbocycles. The highest BCUT2D eigenvalue weighted by Crippen LogP contribution is 2.25. The molecule has 0 aliphatic heterocycles. The molecule has 6 nitrogen and oxygen atoms in total. The predicted octanol–water partition coefficient (Wildman–Crippen LogP) is 4.11. The number of aromatic nitrogens is 2. The second-order valence-electron chi connectivity index (χ2n) is 6.04. The third-order valence-electron chi connectivity index (χ3n) is 4.09. The first-order valence-electron chi connectivity index (χ1n) is 8.41. The average molecular weight is 411 g/mol. The number of imidazole rings is 1. The summed E-state index contributed by atoms with van der Waals surface area (Å²) in [7, 11) is 0. The number of phenols is 1. The van der Waals surface area contributed by atoms with Crippen LogP contribution in [0.25, 0.3) is 16.2 Å². The van der Waals surface area contributed by atoms with Gasteiger partial charge in [-0.05, 0) is 24.3 Å². The summed E-state index contributed by atoms with van der Waals surface area (Å²) in [5, 5.41) is 16.2. The van der Waals surface area contributed by atoms with Gasteiger partial charge in [0.2, 0.25) is 5.91 Å². The summed E-state index contributed by atoms with van der Waals surface area (Å²) in [5.74, 6) is -0.152. The molecule has 4 rings (SSSR count).